The summed E-state index contributed by atoms with van der Waals surface area (Å²) in [5.74, 6) is 2.69. The second kappa shape index (κ2) is 12.5. The lowest BCUT2D eigenvalue weighted by molar-refractivity contribution is 0.202. The molecule has 1 heterocycles. The molecule has 0 aliphatic carbocycles. The first-order valence-corrected chi connectivity index (χ1v) is 8.73. The van der Waals surface area contributed by atoms with E-state index in [0.717, 1.165) is 17.6 Å². The lowest BCUT2D eigenvalue weighted by Gasteiger charge is -2.22. The molecule has 0 saturated heterocycles. The predicted octanol–water partition coefficient (Wildman–Crippen LogP) is 1.98. The normalized spacial score (nSPS) is 11.1. The second-order valence-electron chi connectivity index (χ2n) is 6.01. The summed E-state index contributed by atoms with van der Waals surface area (Å²) >= 11 is 0. The van der Waals surface area contributed by atoms with Crippen molar-refractivity contribution in [2.75, 3.05) is 40.5 Å². The van der Waals surface area contributed by atoms with Gasteiger partial charge >= 0.3 is 0 Å². The smallest absolute Gasteiger partial charge is 0.194 e. The minimum atomic E-state index is -0.282. The van der Waals surface area contributed by atoms with Gasteiger partial charge in [0.2, 0.25) is 0 Å². The highest BCUT2D eigenvalue weighted by atomic mass is 127. The van der Waals surface area contributed by atoms with Crippen LogP contribution in [0.1, 0.15) is 11.6 Å². The third kappa shape index (κ3) is 7.58. The van der Waals surface area contributed by atoms with Crippen molar-refractivity contribution in [2.45, 2.75) is 13.5 Å². The summed E-state index contributed by atoms with van der Waals surface area (Å²) in [6, 6.07) is 5.97. The van der Waals surface area contributed by atoms with E-state index in [1.54, 1.807) is 19.2 Å². The Morgan fingerprint density at radius 3 is 2.57 bits per heavy atom. The fourth-order valence-electron chi connectivity index (χ4n) is 2.25. The third-order valence-corrected chi connectivity index (χ3v) is 4.01. The summed E-state index contributed by atoms with van der Waals surface area (Å²) in [6.45, 7) is 4.56. The Bertz CT molecular complexity index is 738. The number of aromatic nitrogens is 3. The van der Waals surface area contributed by atoms with Crippen molar-refractivity contribution >= 4 is 29.9 Å². The molecule has 0 amide bonds. The first-order chi connectivity index (χ1) is 13.0. The molecular formula is C18H28FIN6O2. The van der Waals surface area contributed by atoms with Crippen LogP contribution in [0.25, 0.3) is 0 Å². The quantitative estimate of drug-likeness (QED) is 0.243. The Labute approximate surface area is 182 Å². The molecule has 0 unspecified atom stereocenters. The van der Waals surface area contributed by atoms with Crippen molar-refractivity contribution in [3.8, 4) is 5.75 Å². The Morgan fingerprint density at radius 1 is 1.25 bits per heavy atom. The zero-order valence-electron chi connectivity index (χ0n) is 16.7. The van der Waals surface area contributed by atoms with Crippen LogP contribution >= 0.6 is 24.0 Å². The van der Waals surface area contributed by atoms with Crippen molar-refractivity contribution in [1.29, 1.82) is 0 Å². The van der Waals surface area contributed by atoms with E-state index >= 15 is 0 Å². The van der Waals surface area contributed by atoms with Gasteiger partial charge in [-0.1, -0.05) is 0 Å². The van der Waals surface area contributed by atoms with Gasteiger partial charge in [-0.3, -0.25) is 0 Å². The van der Waals surface area contributed by atoms with Crippen LogP contribution < -0.4 is 10.1 Å². The lowest BCUT2D eigenvalue weighted by Crippen LogP contribution is -2.42. The van der Waals surface area contributed by atoms with Gasteiger partial charge in [0.05, 0.1) is 13.2 Å². The molecule has 0 aliphatic rings. The van der Waals surface area contributed by atoms with Gasteiger partial charge in [0.15, 0.2) is 11.8 Å². The summed E-state index contributed by atoms with van der Waals surface area (Å²) in [5.41, 5.74) is 0. The molecule has 0 spiro atoms. The molecule has 0 aliphatic heterocycles. The largest absolute Gasteiger partial charge is 0.492 e. The first-order valence-electron chi connectivity index (χ1n) is 8.73. The van der Waals surface area contributed by atoms with Crippen molar-refractivity contribution < 1.29 is 13.9 Å². The summed E-state index contributed by atoms with van der Waals surface area (Å²) in [4.78, 5) is 6.59. The van der Waals surface area contributed by atoms with Crippen LogP contribution in [-0.2, 0) is 18.3 Å². The maximum Gasteiger partial charge on any atom is 0.194 e. The van der Waals surface area contributed by atoms with E-state index in [2.05, 4.69) is 20.5 Å². The molecule has 8 nitrogen and oxygen atoms in total. The number of guanidine groups is 1. The standard InChI is InChI=1S/C18H27FN6O2.HI/c1-14-22-23-17(25(14)3)13-21-18(20-9-11-26-4)24(2)10-12-27-16-7-5-15(19)6-8-16;/h5-8H,9-13H2,1-4H3,(H,20,21);1H. The van der Waals surface area contributed by atoms with E-state index in [4.69, 9.17) is 9.47 Å². The molecule has 28 heavy (non-hydrogen) atoms. The number of methoxy groups -OCH3 is 1. The second-order valence-corrected chi connectivity index (χ2v) is 6.01. The first kappa shape index (κ1) is 24.1. The number of nitrogens with one attached hydrogen (secondary N) is 1. The van der Waals surface area contributed by atoms with Crippen LogP contribution in [0.2, 0.25) is 0 Å². The number of rotatable bonds is 9. The maximum atomic E-state index is 12.9. The van der Waals surface area contributed by atoms with E-state index in [0.29, 0.717) is 38.6 Å². The fourth-order valence-corrected chi connectivity index (χ4v) is 2.25. The molecule has 0 bridgehead atoms. The van der Waals surface area contributed by atoms with E-state index in [1.165, 1.54) is 12.1 Å². The Balaban J connectivity index is 0.00000392. The van der Waals surface area contributed by atoms with Gasteiger partial charge < -0.3 is 24.3 Å². The van der Waals surface area contributed by atoms with Gasteiger partial charge in [-0.25, -0.2) is 9.38 Å². The molecule has 1 N–H and O–H groups in total. The number of hydrogen-bond acceptors (Lipinski definition) is 5. The van der Waals surface area contributed by atoms with E-state index < -0.39 is 0 Å². The summed E-state index contributed by atoms with van der Waals surface area (Å²) in [7, 11) is 5.49. The zero-order valence-corrected chi connectivity index (χ0v) is 19.0. The molecule has 2 rings (SSSR count). The van der Waals surface area contributed by atoms with Crippen LogP contribution in [0.3, 0.4) is 0 Å². The van der Waals surface area contributed by atoms with Gasteiger partial charge in [0.1, 0.15) is 30.5 Å². The highest BCUT2D eigenvalue weighted by Crippen LogP contribution is 2.10. The van der Waals surface area contributed by atoms with Crippen LogP contribution in [-0.4, -0.2) is 66.1 Å². The number of ether oxygens (including phenoxy) is 2. The Morgan fingerprint density at radius 2 is 1.96 bits per heavy atom. The van der Waals surface area contributed by atoms with Crippen LogP contribution in [0.4, 0.5) is 4.39 Å². The Kier molecular flexibility index (Phi) is 10.8. The number of hydrogen-bond donors (Lipinski definition) is 1. The third-order valence-electron chi connectivity index (χ3n) is 4.01. The molecule has 0 saturated carbocycles. The molecule has 10 heteroatoms. The molecule has 2 aromatic rings. The number of benzene rings is 1. The van der Waals surface area contributed by atoms with E-state index in [9.17, 15) is 4.39 Å². The lowest BCUT2D eigenvalue weighted by atomic mass is 10.3. The summed E-state index contributed by atoms with van der Waals surface area (Å²) in [5, 5.41) is 11.4. The monoisotopic (exact) mass is 506 g/mol. The van der Waals surface area contributed by atoms with Gasteiger partial charge in [0.25, 0.3) is 0 Å². The Hall–Kier alpha value is -1.95. The molecule has 0 atom stereocenters. The van der Waals surface area contributed by atoms with Gasteiger partial charge in [0, 0.05) is 27.7 Å². The van der Waals surface area contributed by atoms with Crippen LogP contribution in [0.15, 0.2) is 29.3 Å². The number of nitrogens with zero attached hydrogens (tertiary/aromatic N) is 5. The van der Waals surface area contributed by atoms with Crippen molar-refractivity contribution in [3.05, 3.63) is 41.7 Å². The van der Waals surface area contributed by atoms with Gasteiger partial charge in [-0.05, 0) is 31.2 Å². The fraction of sp³-hybridized carbons (Fsp3) is 0.500. The molecule has 1 aromatic heterocycles. The van der Waals surface area contributed by atoms with Gasteiger partial charge in [-0.2, -0.15) is 0 Å². The highest BCUT2D eigenvalue weighted by molar-refractivity contribution is 14.0. The summed E-state index contributed by atoms with van der Waals surface area (Å²) < 4.78 is 25.6. The molecule has 0 fully saturated rings. The van der Waals surface area contributed by atoms with Crippen molar-refractivity contribution in [2.24, 2.45) is 12.0 Å². The zero-order chi connectivity index (χ0) is 19.6. The van der Waals surface area contributed by atoms with Gasteiger partial charge in [-0.15, -0.1) is 34.2 Å². The number of aliphatic imine (C=N–C) groups is 1. The number of aryl methyl sites for hydroxylation is 1. The topological polar surface area (TPSA) is 76.8 Å². The SMILES string of the molecule is COCCNC(=NCc1nnc(C)n1C)N(C)CCOc1ccc(F)cc1.I. The average Bonchev–Trinajstić information content (AvgIpc) is 2.98. The molecule has 0 radical (unpaired) electrons. The van der Waals surface area contributed by atoms with Crippen LogP contribution in [0.5, 0.6) is 5.75 Å². The number of halogens is 2. The van der Waals surface area contributed by atoms with Crippen molar-refractivity contribution in [3.63, 3.8) is 0 Å². The van der Waals surface area contributed by atoms with Crippen LogP contribution in [0, 0.1) is 12.7 Å². The van der Waals surface area contributed by atoms with E-state index in [1.807, 2.05) is 30.5 Å². The highest BCUT2D eigenvalue weighted by Gasteiger charge is 2.09. The molecule has 1 aromatic carbocycles. The molecular weight excluding hydrogens is 478 g/mol. The van der Waals surface area contributed by atoms with E-state index in [-0.39, 0.29) is 29.8 Å². The number of likely N-dealkylation sites (N-methyl/N-ethyl adjacent to an activating group) is 1. The predicted molar refractivity (Wildman–Crippen MR) is 117 cm³/mol. The molecule has 156 valence electrons. The maximum absolute atomic E-state index is 12.9. The average molecular weight is 506 g/mol. The minimum absolute atomic E-state index is 0. The van der Waals surface area contributed by atoms with Crippen molar-refractivity contribution in [1.82, 2.24) is 25.0 Å². The summed E-state index contributed by atoms with van der Waals surface area (Å²) in [6.07, 6.45) is 0. The minimum Gasteiger partial charge on any atom is -0.492 e.